The van der Waals surface area contributed by atoms with E-state index in [1.165, 1.54) is 5.69 Å². The zero-order valence-electron chi connectivity index (χ0n) is 28.9. The Morgan fingerprint density at radius 2 is 1.75 bits per heavy atom. The van der Waals surface area contributed by atoms with E-state index < -0.39 is 0 Å². The molecule has 254 valence electrons. The summed E-state index contributed by atoms with van der Waals surface area (Å²) in [4.78, 5) is 21.7. The Balaban J connectivity index is 1.25. The highest BCUT2D eigenvalue weighted by Gasteiger charge is 2.21. The monoisotopic (exact) mass is 666 g/mol. The number of carbonyl (C=O) groups excluding carboxylic acids is 1. The van der Waals surface area contributed by atoms with E-state index in [-0.39, 0.29) is 5.91 Å². The molecule has 48 heavy (non-hydrogen) atoms. The number of benzene rings is 3. The molecule has 1 amide bonds. The molecule has 0 radical (unpaired) electrons. The molecule has 1 aromatic heterocycles. The highest BCUT2D eigenvalue weighted by atomic mass is 32.2. The van der Waals surface area contributed by atoms with Gasteiger partial charge in [-0.25, -0.2) is 4.98 Å². The maximum absolute atomic E-state index is 13.6. The Bertz CT molecular complexity index is 1630. The van der Waals surface area contributed by atoms with Crippen LogP contribution in [0.5, 0.6) is 5.75 Å². The van der Waals surface area contributed by atoms with Gasteiger partial charge in [0.25, 0.3) is 5.91 Å². The van der Waals surface area contributed by atoms with Gasteiger partial charge in [0.2, 0.25) is 0 Å². The number of imidazole rings is 1. The summed E-state index contributed by atoms with van der Waals surface area (Å²) >= 11 is 1.75. The number of nitrogens with zero attached hydrogens (tertiary/aromatic N) is 3. The number of aryl methyl sites for hydroxylation is 1. The van der Waals surface area contributed by atoms with Crippen molar-refractivity contribution in [1.29, 1.82) is 0 Å². The Labute approximate surface area is 290 Å². The van der Waals surface area contributed by atoms with Gasteiger partial charge >= 0.3 is 0 Å². The Hall–Kier alpha value is -4.01. The summed E-state index contributed by atoms with van der Waals surface area (Å²) in [5.74, 6) is 2.09. The second-order valence-corrected chi connectivity index (χ2v) is 13.8. The normalized spacial score (nSPS) is 12.9. The lowest BCUT2D eigenvalue weighted by atomic mass is 10.00. The van der Waals surface area contributed by atoms with E-state index in [0.717, 1.165) is 95.5 Å². The minimum Gasteiger partial charge on any atom is -0.491 e. The van der Waals surface area contributed by atoms with Gasteiger partial charge in [-0.3, -0.25) is 4.79 Å². The van der Waals surface area contributed by atoms with Crippen LogP contribution in [0.3, 0.4) is 0 Å². The van der Waals surface area contributed by atoms with Crippen molar-refractivity contribution < 1.29 is 14.3 Å². The number of hydrogen-bond acceptors (Lipinski definition) is 6. The first-order chi connectivity index (χ1) is 23.4. The summed E-state index contributed by atoms with van der Waals surface area (Å²) in [5, 5.41) is 3.15. The molecule has 0 bridgehead atoms. The smallest absolute Gasteiger partial charge is 0.251 e. The number of nitrogens with one attached hydrogen (secondary N) is 1. The van der Waals surface area contributed by atoms with Crippen molar-refractivity contribution in [2.45, 2.75) is 70.6 Å². The molecule has 1 N–H and O–H groups in total. The van der Waals surface area contributed by atoms with Crippen LogP contribution in [0.4, 0.5) is 11.4 Å². The zero-order chi connectivity index (χ0) is 33.7. The Morgan fingerprint density at radius 1 is 0.958 bits per heavy atom. The lowest BCUT2D eigenvalue weighted by Crippen LogP contribution is -2.29. The van der Waals surface area contributed by atoms with Crippen LogP contribution in [0.25, 0.3) is 17.2 Å². The molecular weight excluding hydrogens is 617 g/mol. The van der Waals surface area contributed by atoms with Crippen molar-refractivity contribution in [3.8, 4) is 16.9 Å². The van der Waals surface area contributed by atoms with Crippen molar-refractivity contribution in [3.63, 3.8) is 0 Å². The van der Waals surface area contributed by atoms with Gasteiger partial charge in [-0.1, -0.05) is 52.3 Å². The quantitative estimate of drug-likeness (QED) is 0.0895. The number of amides is 1. The summed E-state index contributed by atoms with van der Waals surface area (Å²) < 4.78 is 13.6. The summed E-state index contributed by atoms with van der Waals surface area (Å²) in [6, 6.07) is 22.9. The number of ether oxygens (including phenoxy) is 2. The topological polar surface area (TPSA) is 68.6 Å². The number of unbranched alkanes of at least 4 members (excludes halogenated alkanes) is 1. The number of aromatic nitrogens is 2. The van der Waals surface area contributed by atoms with Gasteiger partial charge in [0.1, 0.15) is 12.4 Å². The zero-order valence-corrected chi connectivity index (χ0v) is 29.7. The first-order valence-electron chi connectivity index (χ1n) is 17.4. The molecule has 7 nitrogen and oxygen atoms in total. The molecule has 1 aliphatic rings. The minimum absolute atomic E-state index is 0.0557. The van der Waals surface area contributed by atoms with E-state index in [1.807, 2.05) is 30.6 Å². The van der Waals surface area contributed by atoms with E-state index in [0.29, 0.717) is 25.6 Å². The van der Waals surface area contributed by atoms with E-state index >= 15 is 0 Å². The third-order valence-electron chi connectivity index (χ3n) is 8.22. The summed E-state index contributed by atoms with van der Waals surface area (Å²) in [6.07, 6.45) is 10.1. The summed E-state index contributed by atoms with van der Waals surface area (Å²) in [5.41, 5.74) is 7.10. The highest BCUT2D eigenvalue weighted by Crippen LogP contribution is 2.34. The molecule has 0 spiro atoms. The molecule has 1 aliphatic heterocycles. The average molecular weight is 667 g/mol. The Morgan fingerprint density at radius 3 is 2.50 bits per heavy atom. The first-order valence-corrected chi connectivity index (χ1v) is 18.4. The summed E-state index contributed by atoms with van der Waals surface area (Å²) in [7, 11) is 0. The molecule has 0 aliphatic carbocycles. The lowest BCUT2D eigenvalue weighted by molar-refractivity contribution is -0.112. The molecule has 2 heterocycles. The molecule has 0 unspecified atom stereocenters. The van der Waals surface area contributed by atoms with Crippen LogP contribution in [0.15, 0.2) is 89.7 Å². The molecule has 0 saturated carbocycles. The predicted octanol–water partition coefficient (Wildman–Crippen LogP) is 9.34. The van der Waals surface area contributed by atoms with Crippen molar-refractivity contribution in [2.75, 3.05) is 43.1 Å². The highest BCUT2D eigenvalue weighted by molar-refractivity contribution is 7.98. The molecule has 3 aromatic carbocycles. The number of thioether (sulfide) groups is 1. The second kappa shape index (κ2) is 17.9. The molecule has 8 heteroatoms. The van der Waals surface area contributed by atoms with Crippen LogP contribution < -0.4 is 15.0 Å². The standard InChI is InChI=1S/C40H50N4O3S/c1-5-7-21-46-22-23-47-37-13-8-31(9-14-37)32-10-17-39-34(24-32)25-33(18-20-44(39)26-30(3)4)40(45)42-35-11-15-38(16-12-35)48-28-36-27-43(19-6-2)29-41-36/h8-17,24-25,27,29-30H,5-7,18-23,26,28H2,1-4H3,(H,42,45). The van der Waals surface area contributed by atoms with Crippen molar-refractivity contribution in [1.82, 2.24) is 9.55 Å². The Kier molecular flexibility index (Phi) is 13.2. The number of hydrogen-bond donors (Lipinski definition) is 1. The van der Waals surface area contributed by atoms with Gasteiger partial charge in [0.05, 0.1) is 18.6 Å². The third-order valence-corrected chi connectivity index (χ3v) is 9.27. The number of carbonyl (C=O) groups is 1. The number of anilines is 2. The third kappa shape index (κ3) is 10.2. The summed E-state index contributed by atoms with van der Waals surface area (Å²) in [6.45, 7) is 13.4. The first kappa shape index (κ1) is 35.3. The number of fused-ring (bicyclic) bond motifs is 1. The molecular formula is C40H50N4O3S. The van der Waals surface area contributed by atoms with Gasteiger partial charge in [0, 0.05) is 60.0 Å². The van der Waals surface area contributed by atoms with Gasteiger partial charge in [-0.2, -0.15) is 0 Å². The maximum Gasteiger partial charge on any atom is 0.251 e. The second-order valence-electron chi connectivity index (χ2n) is 12.7. The minimum atomic E-state index is -0.0557. The fourth-order valence-corrected chi connectivity index (χ4v) is 6.55. The molecule has 4 aromatic rings. The van der Waals surface area contributed by atoms with Crippen molar-refractivity contribution in [3.05, 3.63) is 96.1 Å². The van der Waals surface area contributed by atoms with Gasteiger partial charge in [0.15, 0.2) is 0 Å². The lowest BCUT2D eigenvalue weighted by Gasteiger charge is -2.27. The van der Waals surface area contributed by atoms with Gasteiger partial charge in [-0.15, -0.1) is 11.8 Å². The largest absolute Gasteiger partial charge is 0.491 e. The fourth-order valence-electron chi connectivity index (χ4n) is 5.76. The van der Waals surface area contributed by atoms with Crippen LogP contribution >= 0.6 is 11.8 Å². The van der Waals surface area contributed by atoms with Crippen LogP contribution in [0.1, 0.15) is 64.6 Å². The van der Waals surface area contributed by atoms with Crippen molar-refractivity contribution >= 4 is 35.1 Å². The van der Waals surface area contributed by atoms with E-state index in [1.54, 1.807) is 11.8 Å². The van der Waals surface area contributed by atoms with Crippen LogP contribution in [-0.4, -0.2) is 48.4 Å². The SMILES string of the molecule is CCCCOCCOc1ccc(-c2ccc3c(c2)C=C(C(=O)Nc2ccc(SCc4cn(CCC)cn4)cc2)CCN3CC(C)C)cc1. The van der Waals surface area contributed by atoms with E-state index in [9.17, 15) is 4.79 Å². The van der Waals surface area contributed by atoms with Crippen LogP contribution in [-0.2, 0) is 21.8 Å². The van der Waals surface area contributed by atoms with Crippen molar-refractivity contribution in [2.24, 2.45) is 5.92 Å². The van der Waals surface area contributed by atoms with Gasteiger partial charge < -0.3 is 24.3 Å². The molecule has 0 saturated heterocycles. The van der Waals surface area contributed by atoms with Crippen LogP contribution in [0, 0.1) is 5.92 Å². The van der Waals surface area contributed by atoms with Crippen LogP contribution in [0.2, 0.25) is 0 Å². The molecule has 0 fully saturated rings. The molecule has 0 atom stereocenters. The predicted molar refractivity (Wildman–Crippen MR) is 200 cm³/mol. The fraction of sp³-hybridized carbons (Fsp3) is 0.400. The van der Waals surface area contributed by atoms with E-state index in [2.05, 4.69) is 102 Å². The average Bonchev–Trinajstić information content (AvgIpc) is 3.46. The van der Waals surface area contributed by atoms with Gasteiger partial charge in [-0.05, 0) is 96.5 Å². The molecule has 5 rings (SSSR count). The number of rotatable bonds is 17. The maximum atomic E-state index is 13.6. The van der Waals surface area contributed by atoms with E-state index in [4.69, 9.17) is 9.47 Å².